The second-order valence-electron chi connectivity index (χ2n) is 16.8. The summed E-state index contributed by atoms with van der Waals surface area (Å²) in [5.41, 5.74) is 3.25. The number of amides is 3. The average molecular weight is 808 g/mol. The van der Waals surface area contributed by atoms with Gasteiger partial charge in [0.2, 0.25) is 5.91 Å². The van der Waals surface area contributed by atoms with Gasteiger partial charge in [-0.2, -0.15) is 0 Å². The molecular formula is C42H57N3O11Si. The number of rotatable bonds is 11. The van der Waals surface area contributed by atoms with E-state index in [4.69, 9.17) is 9.47 Å². The fourth-order valence-electron chi connectivity index (χ4n) is 9.10. The second kappa shape index (κ2) is 16.8. The van der Waals surface area contributed by atoms with Crippen molar-refractivity contribution in [3.05, 3.63) is 82.5 Å². The Morgan fingerprint density at radius 3 is 2.37 bits per heavy atom. The number of fused-ring (bicyclic) bond motifs is 3. The Hall–Kier alpha value is -3.77. The van der Waals surface area contributed by atoms with E-state index < -0.39 is 74.1 Å². The number of ether oxygens (including phenoxy) is 2. The first-order valence-electron chi connectivity index (χ1n) is 19.7. The van der Waals surface area contributed by atoms with Crippen LogP contribution >= 0.6 is 0 Å². The summed E-state index contributed by atoms with van der Waals surface area (Å²) in [6, 6.07) is 12.2. The first-order valence-corrected chi connectivity index (χ1v) is 22.7. The number of allylic oxidation sites excluding steroid dienone is 3. The molecule has 0 aromatic heterocycles. The van der Waals surface area contributed by atoms with Crippen LogP contribution in [0.3, 0.4) is 0 Å². The molecule has 0 bridgehead atoms. The summed E-state index contributed by atoms with van der Waals surface area (Å²) >= 11 is 0. The van der Waals surface area contributed by atoms with Crippen molar-refractivity contribution in [2.24, 2.45) is 5.92 Å². The molecule has 2 saturated heterocycles. The summed E-state index contributed by atoms with van der Waals surface area (Å²) in [5, 5.41) is 53.7. The minimum Gasteiger partial charge on any atom is -0.432 e. The molecule has 2 fully saturated rings. The third kappa shape index (κ3) is 8.27. The van der Waals surface area contributed by atoms with Gasteiger partial charge in [-0.15, -0.1) is 0 Å². The van der Waals surface area contributed by atoms with Crippen molar-refractivity contribution in [2.75, 3.05) is 23.4 Å². The van der Waals surface area contributed by atoms with E-state index in [1.54, 1.807) is 41.1 Å². The molecule has 15 heteroatoms. The summed E-state index contributed by atoms with van der Waals surface area (Å²) < 4.78 is 12.1. The normalized spacial score (nSPS) is 31.3. The zero-order valence-corrected chi connectivity index (χ0v) is 34.5. The first kappa shape index (κ1) is 42.8. The van der Waals surface area contributed by atoms with E-state index in [1.165, 1.54) is 5.57 Å². The van der Waals surface area contributed by atoms with Gasteiger partial charge < -0.3 is 54.9 Å². The van der Waals surface area contributed by atoms with Crippen LogP contribution in [-0.2, 0) is 42.4 Å². The molecule has 14 nitrogen and oxygen atoms in total. The first-order chi connectivity index (χ1) is 26.9. The van der Waals surface area contributed by atoms with Crippen molar-refractivity contribution < 1.29 is 54.2 Å². The van der Waals surface area contributed by atoms with Crippen LogP contribution in [0.1, 0.15) is 63.6 Å². The van der Waals surface area contributed by atoms with Crippen LogP contribution < -0.4 is 10.2 Å². The Bertz CT molecular complexity index is 1910. The molecule has 0 unspecified atom stereocenters. The number of aliphatic hydroxyl groups is 5. The van der Waals surface area contributed by atoms with Gasteiger partial charge in [-0.1, -0.05) is 54.5 Å². The van der Waals surface area contributed by atoms with E-state index in [0.717, 1.165) is 29.5 Å². The van der Waals surface area contributed by atoms with E-state index in [2.05, 4.69) is 11.4 Å². The van der Waals surface area contributed by atoms with E-state index in [9.17, 15) is 39.9 Å². The molecule has 0 aliphatic carbocycles. The lowest BCUT2D eigenvalue weighted by Crippen LogP contribution is -2.60. The lowest BCUT2D eigenvalue weighted by molar-refractivity contribution is -0.274. The van der Waals surface area contributed by atoms with Crippen molar-refractivity contribution in [1.29, 1.82) is 0 Å². The SMILES string of the molecule is CC(C)=CCC/C(C)=C/CN1C(=O)[C@@]2(O[C@@H](CC(=O)N3Cc4ccccc4C[C@H]3CO)[C@H]([Si](C)(C)O)[C@H]2C)c2cc(NC(=O)[C@H]3O[C@@H](O)[C@H](O)[C@@H](O)[C@@H]3O)ccc21. The van der Waals surface area contributed by atoms with E-state index in [-0.39, 0.29) is 37.1 Å². The van der Waals surface area contributed by atoms with Gasteiger partial charge in [0.25, 0.3) is 11.8 Å². The molecular weight excluding hydrogens is 751 g/mol. The minimum absolute atomic E-state index is 0.137. The van der Waals surface area contributed by atoms with Crippen molar-refractivity contribution in [2.45, 2.75) is 127 Å². The van der Waals surface area contributed by atoms with E-state index in [1.807, 2.05) is 58.0 Å². The predicted molar refractivity (Wildman–Crippen MR) is 214 cm³/mol. The number of carbonyl (C=O) groups is 3. The third-order valence-corrected chi connectivity index (χ3v) is 14.6. The fraction of sp³-hybridized carbons (Fsp3) is 0.548. The molecule has 7 N–H and O–H groups in total. The number of nitrogens with zero attached hydrogens (tertiary/aromatic N) is 2. The molecule has 2 aromatic carbocycles. The highest BCUT2D eigenvalue weighted by atomic mass is 28.4. The topological polar surface area (TPSA) is 210 Å². The molecule has 3 amide bonds. The number of anilines is 2. The van der Waals surface area contributed by atoms with E-state index in [0.29, 0.717) is 24.2 Å². The van der Waals surface area contributed by atoms with Crippen LogP contribution in [0.25, 0.3) is 0 Å². The standard InChI is InChI=1S/C42H57N3O11Si/c1-23(2)10-9-11-24(3)16-17-44-31-15-14-28(43-39(51)37-35(49)34(48)36(50)40(52)55-37)19-30(31)42(41(44)53)25(4)38(57(5,6)54)32(56-42)20-33(47)45-21-27-13-8-7-12-26(27)18-29(45)22-46/h7-8,10,12-16,19,25,29,32,34-38,40,46,48-50,52,54H,9,11,17-18,20-22H2,1-6H3,(H,43,51)/b24-16+/t25-,29+,32+,34+,35+,36-,37+,38-,40-,42+/m1/s1. The van der Waals surface area contributed by atoms with Gasteiger partial charge in [0, 0.05) is 35.8 Å². The molecule has 2 aromatic rings. The van der Waals surface area contributed by atoms with Gasteiger partial charge in [-0.05, 0) is 82.5 Å². The molecule has 4 heterocycles. The molecule has 6 rings (SSSR count). The highest BCUT2D eigenvalue weighted by Gasteiger charge is 2.66. The number of benzene rings is 2. The highest BCUT2D eigenvalue weighted by molar-refractivity contribution is 6.71. The number of carbonyl (C=O) groups excluding carboxylic acids is 3. The smallest absolute Gasteiger partial charge is 0.264 e. The minimum atomic E-state index is -3.18. The van der Waals surface area contributed by atoms with Crippen LogP contribution in [0.15, 0.2) is 65.8 Å². The lowest BCUT2D eigenvalue weighted by Gasteiger charge is -2.37. The molecule has 0 radical (unpaired) electrons. The van der Waals surface area contributed by atoms with Gasteiger partial charge in [0.15, 0.2) is 26.3 Å². The summed E-state index contributed by atoms with van der Waals surface area (Å²) in [6.07, 6.45) is -3.89. The number of nitrogens with one attached hydrogen (secondary N) is 1. The third-order valence-electron chi connectivity index (χ3n) is 12.1. The Kier molecular flexibility index (Phi) is 12.6. The molecule has 4 aliphatic rings. The number of hydrogen-bond donors (Lipinski definition) is 7. The molecule has 310 valence electrons. The maximum atomic E-state index is 15.0. The number of hydrogen-bond acceptors (Lipinski definition) is 11. The Balaban J connectivity index is 1.35. The lowest BCUT2D eigenvalue weighted by atomic mass is 9.82. The van der Waals surface area contributed by atoms with Crippen LogP contribution in [0, 0.1) is 5.92 Å². The Labute approximate surface area is 334 Å². The monoisotopic (exact) mass is 807 g/mol. The van der Waals surface area contributed by atoms with Crippen LogP contribution in [-0.4, -0.2) is 117 Å². The largest absolute Gasteiger partial charge is 0.432 e. The summed E-state index contributed by atoms with van der Waals surface area (Å²) in [7, 11) is -3.18. The van der Waals surface area contributed by atoms with E-state index >= 15 is 4.79 Å². The van der Waals surface area contributed by atoms with Gasteiger partial charge in [-0.3, -0.25) is 14.4 Å². The van der Waals surface area contributed by atoms with Gasteiger partial charge in [0.05, 0.1) is 30.9 Å². The van der Waals surface area contributed by atoms with Gasteiger partial charge in [-0.25, -0.2) is 0 Å². The molecule has 10 atom stereocenters. The average Bonchev–Trinajstić information content (AvgIpc) is 3.58. The molecule has 0 saturated carbocycles. The highest BCUT2D eigenvalue weighted by Crippen LogP contribution is 2.60. The van der Waals surface area contributed by atoms with Gasteiger partial charge >= 0.3 is 0 Å². The fourth-order valence-corrected chi connectivity index (χ4v) is 11.7. The molecule has 1 spiro atoms. The Morgan fingerprint density at radius 2 is 1.70 bits per heavy atom. The van der Waals surface area contributed by atoms with Crippen LogP contribution in [0.2, 0.25) is 18.6 Å². The van der Waals surface area contributed by atoms with Crippen molar-refractivity contribution in [1.82, 2.24) is 4.90 Å². The van der Waals surface area contributed by atoms with Crippen LogP contribution in [0.4, 0.5) is 11.4 Å². The zero-order valence-electron chi connectivity index (χ0n) is 33.5. The maximum Gasteiger partial charge on any atom is 0.264 e. The van der Waals surface area contributed by atoms with Crippen LogP contribution in [0.5, 0.6) is 0 Å². The summed E-state index contributed by atoms with van der Waals surface area (Å²) in [4.78, 5) is 57.8. The quantitative estimate of drug-likeness (QED) is 0.130. The van der Waals surface area contributed by atoms with Crippen molar-refractivity contribution >= 4 is 37.4 Å². The second-order valence-corrected chi connectivity index (χ2v) is 20.8. The molecule has 57 heavy (non-hydrogen) atoms. The van der Waals surface area contributed by atoms with Crippen molar-refractivity contribution in [3.8, 4) is 0 Å². The predicted octanol–water partition coefficient (Wildman–Crippen LogP) is 2.60. The zero-order chi connectivity index (χ0) is 41.6. The molecule has 4 aliphatic heterocycles. The Morgan fingerprint density at radius 1 is 1.00 bits per heavy atom. The maximum absolute atomic E-state index is 15.0. The summed E-state index contributed by atoms with van der Waals surface area (Å²) in [6.45, 7) is 11.8. The van der Waals surface area contributed by atoms with Crippen molar-refractivity contribution in [3.63, 3.8) is 0 Å². The number of aliphatic hydroxyl groups excluding tert-OH is 5. The summed E-state index contributed by atoms with van der Waals surface area (Å²) in [5.74, 6) is -2.17. The van der Waals surface area contributed by atoms with Gasteiger partial charge in [0.1, 0.15) is 18.3 Å².